The van der Waals surface area contributed by atoms with Gasteiger partial charge in [-0.15, -0.1) is 0 Å². The Morgan fingerprint density at radius 3 is 1.86 bits per heavy atom. The number of likely N-dealkylation sites (tertiary alicyclic amines) is 2. The zero-order valence-electron chi connectivity index (χ0n) is 18.2. The Balaban J connectivity index is 1.55. The smallest absolute Gasteiger partial charge is 0.0441 e. The van der Waals surface area contributed by atoms with E-state index >= 15 is 0 Å². The van der Waals surface area contributed by atoms with Crippen molar-refractivity contribution in [3.63, 3.8) is 0 Å². The van der Waals surface area contributed by atoms with Gasteiger partial charge in [-0.1, -0.05) is 43.7 Å². The third-order valence-corrected chi connectivity index (χ3v) is 6.11. The molecule has 1 aromatic carbocycles. The number of rotatable bonds is 8. The van der Waals surface area contributed by atoms with Crippen LogP contribution in [0.3, 0.4) is 0 Å². The molecule has 3 rings (SSSR count). The molecule has 2 aliphatic rings. The number of aryl methyl sites for hydroxylation is 2. The molecule has 0 atom stereocenters. The molecule has 2 aliphatic heterocycles. The molecule has 28 heavy (non-hydrogen) atoms. The van der Waals surface area contributed by atoms with Gasteiger partial charge in [-0.05, 0) is 88.8 Å². The maximum atomic E-state index is 4.36. The summed E-state index contributed by atoms with van der Waals surface area (Å²) in [5.41, 5.74) is 7.66. The summed E-state index contributed by atoms with van der Waals surface area (Å²) in [4.78, 5) is 5.08. The molecule has 0 unspecified atom stereocenters. The Labute approximate surface area is 172 Å². The molecule has 2 saturated heterocycles. The van der Waals surface area contributed by atoms with Gasteiger partial charge < -0.3 is 5.32 Å². The van der Waals surface area contributed by atoms with E-state index in [0.29, 0.717) is 0 Å². The number of nitrogens with one attached hydrogen (secondary N) is 1. The van der Waals surface area contributed by atoms with Crippen molar-refractivity contribution in [2.75, 3.05) is 44.6 Å². The molecule has 154 valence electrons. The minimum atomic E-state index is 0.952. The molecule has 3 nitrogen and oxygen atoms in total. The lowest BCUT2D eigenvalue weighted by atomic mass is 9.98. The lowest BCUT2D eigenvalue weighted by molar-refractivity contribution is 0.245. The molecule has 3 heteroatoms. The van der Waals surface area contributed by atoms with Crippen LogP contribution in [0, 0.1) is 13.8 Å². The van der Waals surface area contributed by atoms with Crippen LogP contribution in [0.15, 0.2) is 36.6 Å². The second-order valence-corrected chi connectivity index (χ2v) is 8.93. The number of piperidine rings is 2. The van der Waals surface area contributed by atoms with E-state index in [1.165, 1.54) is 92.7 Å². The molecule has 2 heterocycles. The summed E-state index contributed by atoms with van der Waals surface area (Å²) in [5, 5.41) is 3.61. The van der Waals surface area contributed by atoms with Gasteiger partial charge in [0.25, 0.3) is 0 Å². The number of hydrogen-bond donors (Lipinski definition) is 1. The fourth-order valence-electron chi connectivity index (χ4n) is 4.73. The van der Waals surface area contributed by atoms with E-state index in [-0.39, 0.29) is 0 Å². The quantitative estimate of drug-likeness (QED) is 0.617. The Morgan fingerprint density at radius 1 is 0.821 bits per heavy atom. The van der Waals surface area contributed by atoms with Crippen LogP contribution in [0.1, 0.15) is 55.2 Å². The van der Waals surface area contributed by atoms with Crippen LogP contribution in [0.4, 0.5) is 5.69 Å². The first-order valence-electron chi connectivity index (χ1n) is 11.2. The highest BCUT2D eigenvalue weighted by molar-refractivity contribution is 5.61. The van der Waals surface area contributed by atoms with Crippen molar-refractivity contribution in [2.45, 2.75) is 58.8 Å². The first-order chi connectivity index (χ1) is 13.5. The van der Waals surface area contributed by atoms with Crippen molar-refractivity contribution in [2.24, 2.45) is 0 Å². The Hall–Kier alpha value is -1.58. The Morgan fingerprint density at radius 2 is 1.32 bits per heavy atom. The molecular weight excluding hydrogens is 342 g/mol. The average Bonchev–Trinajstić information content (AvgIpc) is 2.66. The first kappa shape index (κ1) is 21.1. The summed E-state index contributed by atoms with van der Waals surface area (Å²) in [7, 11) is 0. The molecule has 2 fully saturated rings. The van der Waals surface area contributed by atoms with Crippen molar-refractivity contribution in [1.29, 1.82) is 0 Å². The van der Waals surface area contributed by atoms with Gasteiger partial charge in [-0.25, -0.2) is 0 Å². The average molecular weight is 382 g/mol. The maximum Gasteiger partial charge on any atom is 0.0441 e. The fraction of sp³-hybridized carbons (Fsp3) is 0.600. The van der Waals surface area contributed by atoms with Gasteiger partial charge in [0.15, 0.2) is 0 Å². The van der Waals surface area contributed by atoms with Gasteiger partial charge in [0.05, 0.1) is 0 Å². The highest BCUT2D eigenvalue weighted by atomic mass is 15.1. The molecule has 0 amide bonds. The van der Waals surface area contributed by atoms with E-state index in [1.54, 1.807) is 0 Å². The van der Waals surface area contributed by atoms with E-state index in [1.807, 2.05) is 0 Å². The van der Waals surface area contributed by atoms with Crippen LogP contribution >= 0.6 is 0 Å². The second kappa shape index (κ2) is 10.3. The molecular formula is C25H39N3. The Bertz CT molecular complexity index is 656. The summed E-state index contributed by atoms with van der Waals surface area (Å²) < 4.78 is 0. The fourth-order valence-corrected chi connectivity index (χ4v) is 4.73. The molecule has 0 aromatic heterocycles. The topological polar surface area (TPSA) is 18.5 Å². The molecule has 0 saturated carbocycles. The normalized spacial score (nSPS) is 18.8. The summed E-state index contributed by atoms with van der Waals surface area (Å²) in [5.74, 6) is 0. The maximum absolute atomic E-state index is 4.36. The summed E-state index contributed by atoms with van der Waals surface area (Å²) in [6.45, 7) is 19.9. The van der Waals surface area contributed by atoms with Crippen LogP contribution in [-0.2, 0) is 6.42 Å². The van der Waals surface area contributed by atoms with Gasteiger partial charge in [-0.3, -0.25) is 9.80 Å². The summed E-state index contributed by atoms with van der Waals surface area (Å²) in [6, 6.07) is 4.65. The van der Waals surface area contributed by atoms with Gasteiger partial charge in [0.1, 0.15) is 0 Å². The summed E-state index contributed by atoms with van der Waals surface area (Å²) >= 11 is 0. The zero-order chi connectivity index (χ0) is 19.9. The summed E-state index contributed by atoms with van der Waals surface area (Å²) in [6.07, 6.45) is 9.06. The largest absolute Gasteiger partial charge is 0.358 e. The highest BCUT2D eigenvalue weighted by Gasteiger charge is 2.14. The predicted octanol–water partition coefficient (Wildman–Crippen LogP) is 5.30. The number of hydrogen-bond acceptors (Lipinski definition) is 3. The van der Waals surface area contributed by atoms with E-state index in [2.05, 4.69) is 54.3 Å². The van der Waals surface area contributed by atoms with Gasteiger partial charge in [0, 0.05) is 24.5 Å². The van der Waals surface area contributed by atoms with Crippen LogP contribution in [-0.4, -0.2) is 49.1 Å². The third-order valence-electron chi connectivity index (χ3n) is 6.11. The van der Waals surface area contributed by atoms with Gasteiger partial charge >= 0.3 is 0 Å². The van der Waals surface area contributed by atoms with Gasteiger partial charge in [0.2, 0.25) is 0 Å². The SMILES string of the molecule is C=C(Cc1cc(C)c(NC(=C)CN2CCCCC2)c(C)c1)CN1CCCCC1. The molecule has 1 N–H and O–H groups in total. The van der Waals surface area contributed by atoms with E-state index in [4.69, 9.17) is 0 Å². The molecule has 0 bridgehead atoms. The minimum Gasteiger partial charge on any atom is -0.358 e. The standard InChI is InChI=1S/C25H39N3/c1-20(18-27-11-7-5-8-12-27)15-24-16-21(2)25(22(3)17-24)26-23(4)19-28-13-9-6-10-14-28/h16-17,26H,1,4-15,18-19H2,2-3H3. The van der Waals surface area contributed by atoms with Crippen LogP contribution in [0.5, 0.6) is 0 Å². The molecule has 0 aliphatic carbocycles. The number of anilines is 1. The van der Waals surface area contributed by atoms with Crippen molar-refractivity contribution < 1.29 is 0 Å². The molecule has 1 aromatic rings. The van der Waals surface area contributed by atoms with E-state index in [0.717, 1.165) is 25.2 Å². The second-order valence-electron chi connectivity index (χ2n) is 8.93. The molecule has 0 radical (unpaired) electrons. The molecule has 0 spiro atoms. The van der Waals surface area contributed by atoms with Crippen molar-refractivity contribution in [3.05, 3.63) is 53.3 Å². The minimum absolute atomic E-state index is 0.952. The monoisotopic (exact) mass is 381 g/mol. The Kier molecular flexibility index (Phi) is 7.75. The number of nitrogens with zero attached hydrogens (tertiary/aromatic N) is 2. The van der Waals surface area contributed by atoms with Crippen molar-refractivity contribution in [1.82, 2.24) is 9.80 Å². The van der Waals surface area contributed by atoms with Crippen LogP contribution < -0.4 is 5.32 Å². The van der Waals surface area contributed by atoms with E-state index in [9.17, 15) is 0 Å². The van der Waals surface area contributed by atoms with E-state index < -0.39 is 0 Å². The zero-order valence-corrected chi connectivity index (χ0v) is 18.2. The highest BCUT2D eigenvalue weighted by Crippen LogP contribution is 2.25. The van der Waals surface area contributed by atoms with Crippen LogP contribution in [0.2, 0.25) is 0 Å². The van der Waals surface area contributed by atoms with Crippen molar-refractivity contribution in [3.8, 4) is 0 Å². The van der Waals surface area contributed by atoms with Gasteiger partial charge in [-0.2, -0.15) is 0 Å². The number of benzene rings is 1. The van der Waals surface area contributed by atoms with Crippen molar-refractivity contribution >= 4 is 5.69 Å². The third kappa shape index (κ3) is 6.22. The lowest BCUT2D eigenvalue weighted by Crippen LogP contribution is -2.32. The predicted molar refractivity (Wildman–Crippen MR) is 122 cm³/mol. The van der Waals surface area contributed by atoms with Crippen LogP contribution in [0.25, 0.3) is 0 Å². The first-order valence-corrected chi connectivity index (χ1v) is 11.2. The lowest BCUT2D eigenvalue weighted by Gasteiger charge is -2.28.